The van der Waals surface area contributed by atoms with Crippen molar-refractivity contribution in [3.63, 3.8) is 0 Å². The first-order valence-electron chi connectivity index (χ1n) is 7.97. The molecule has 1 unspecified atom stereocenters. The maximum absolute atomic E-state index is 14.3. The van der Waals surface area contributed by atoms with Crippen LogP contribution in [0.5, 0.6) is 0 Å². The quantitative estimate of drug-likeness (QED) is 0.745. The minimum absolute atomic E-state index is 0.0989. The molecule has 1 atom stereocenters. The summed E-state index contributed by atoms with van der Waals surface area (Å²) in [5, 5.41) is 3.24. The predicted molar refractivity (Wildman–Crippen MR) is 85.2 cm³/mol. The zero-order chi connectivity index (χ0) is 15.1. The van der Waals surface area contributed by atoms with E-state index >= 15 is 0 Å². The molecule has 0 bridgehead atoms. The number of methoxy groups -OCH3 is 1. The second-order valence-corrected chi connectivity index (χ2v) is 5.84. The minimum Gasteiger partial charge on any atom is -0.383 e. The lowest BCUT2D eigenvalue weighted by molar-refractivity contribution is 0.199. The van der Waals surface area contributed by atoms with E-state index < -0.39 is 0 Å². The number of nitrogens with one attached hydrogen (secondary N) is 1. The maximum Gasteiger partial charge on any atom is 0.146 e. The van der Waals surface area contributed by atoms with Gasteiger partial charge in [-0.2, -0.15) is 0 Å². The first-order valence-corrected chi connectivity index (χ1v) is 7.97. The Labute approximate surface area is 127 Å². The highest BCUT2D eigenvalue weighted by molar-refractivity contribution is 5.50. The van der Waals surface area contributed by atoms with Crippen molar-refractivity contribution in [1.29, 1.82) is 0 Å². The van der Waals surface area contributed by atoms with Gasteiger partial charge in [0.15, 0.2) is 0 Å². The fourth-order valence-electron chi connectivity index (χ4n) is 3.02. The fraction of sp³-hybridized carbons (Fsp3) is 0.647. The highest BCUT2D eigenvalue weighted by Gasteiger charge is 2.23. The van der Waals surface area contributed by atoms with E-state index in [-0.39, 0.29) is 5.82 Å². The first kappa shape index (κ1) is 16.2. The van der Waals surface area contributed by atoms with Gasteiger partial charge in [0.05, 0.1) is 12.3 Å². The number of hydrogen-bond donors (Lipinski definition) is 1. The van der Waals surface area contributed by atoms with Crippen molar-refractivity contribution in [3.8, 4) is 0 Å². The molecule has 0 amide bonds. The monoisotopic (exact) mass is 294 g/mol. The zero-order valence-corrected chi connectivity index (χ0v) is 13.2. The van der Waals surface area contributed by atoms with E-state index in [4.69, 9.17) is 4.74 Å². The largest absolute Gasteiger partial charge is 0.383 e. The molecule has 21 heavy (non-hydrogen) atoms. The van der Waals surface area contributed by atoms with Gasteiger partial charge in [-0.05, 0) is 36.5 Å². The molecule has 0 saturated carbocycles. The number of benzene rings is 1. The Morgan fingerprint density at radius 1 is 1.43 bits per heavy atom. The molecule has 0 aliphatic carbocycles. The topological polar surface area (TPSA) is 24.5 Å². The van der Waals surface area contributed by atoms with Crippen LogP contribution in [0.3, 0.4) is 0 Å². The molecule has 1 aliphatic heterocycles. The normalized spacial score (nSPS) is 18.4. The van der Waals surface area contributed by atoms with Crippen molar-refractivity contribution in [3.05, 3.63) is 29.6 Å². The van der Waals surface area contributed by atoms with Crippen molar-refractivity contribution in [2.75, 3.05) is 38.3 Å². The van der Waals surface area contributed by atoms with Crippen LogP contribution in [0.15, 0.2) is 18.2 Å². The Kier molecular flexibility index (Phi) is 6.46. The zero-order valence-electron chi connectivity index (χ0n) is 13.2. The maximum atomic E-state index is 14.3. The summed E-state index contributed by atoms with van der Waals surface area (Å²) in [5.74, 6) is 0.628. The van der Waals surface area contributed by atoms with E-state index in [1.54, 1.807) is 13.2 Å². The molecular weight excluding hydrogens is 267 g/mol. The lowest BCUT2D eigenvalue weighted by Gasteiger charge is -2.20. The summed E-state index contributed by atoms with van der Waals surface area (Å²) in [6.45, 7) is 6.33. The smallest absolute Gasteiger partial charge is 0.146 e. The number of nitrogens with zero attached hydrogens (tertiary/aromatic N) is 1. The predicted octanol–water partition coefficient (Wildman–Crippen LogP) is 3.19. The van der Waals surface area contributed by atoms with Crippen molar-refractivity contribution in [2.45, 2.75) is 32.7 Å². The second kappa shape index (κ2) is 8.35. The van der Waals surface area contributed by atoms with Crippen LogP contribution >= 0.6 is 0 Å². The molecule has 1 heterocycles. The SMILES string of the molecule is CCCC1CCN(c2ccc(CNCCOC)cc2F)C1. The summed E-state index contributed by atoms with van der Waals surface area (Å²) in [6, 6.07) is 5.60. The highest BCUT2D eigenvalue weighted by atomic mass is 19.1. The molecule has 1 aromatic carbocycles. The second-order valence-electron chi connectivity index (χ2n) is 5.84. The molecule has 1 aromatic rings. The van der Waals surface area contributed by atoms with Crippen LogP contribution in [0.1, 0.15) is 31.7 Å². The third kappa shape index (κ3) is 4.68. The molecule has 2 rings (SSSR count). The lowest BCUT2D eigenvalue weighted by atomic mass is 10.0. The van der Waals surface area contributed by atoms with Gasteiger partial charge in [-0.15, -0.1) is 0 Å². The molecule has 1 fully saturated rings. The summed E-state index contributed by atoms with van der Waals surface area (Å²) >= 11 is 0. The van der Waals surface area contributed by atoms with E-state index in [0.717, 1.165) is 36.8 Å². The standard InChI is InChI=1S/C17H27FN2O/c1-3-4-14-7-9-20(13-14)17-6-5-15(11-16(17)18)12-19-8-10-21-2/h5-6,11,14,19H,3-4,7-10,12-13H2,1-2H3. The van der Waals surface area contributed by atoms with Gasteiger partial charge >= 0.3 is 0 Å². The number of ether oxygens (including phenoxy) is 1. The molecule has 1 aliphatic rings. The van der Waals surface area contributed by atoms with Gasteiger partial charge in [-0.3, -0.25) is 0 Å². The lowest BCUT2D eigenvalue weighted by Crippen LogP contribution is -2.21. The van der Waals surface area contributed by atoms with E-state index in [9.17, 15) is 4.39 Å². The van der Waals surface area contributed by atoms with Gasteiger partial charge < -0.3 is 15.0 Å². The Balaban J connectivity index is 1.90. The average molecular weight is 294 g/mol. The van der Waals surface area contributed by atoms with Crippen LogP contribution in [0, 0.1) is 11.7 Å². The van der Waals surface area contributed by atoms with Gasteiger partial charge in [0, 0.05) is 33.3 Å². The summed E-state index contributed by atoms with van der Waals surface area (Å²) in [5.41, 5.74) is 1.74. The average Bonchev–Trinajstić information content (AvgIpc) is 2.92. The van der Waals surface area contributed by atoms with Crippen LogP contribution in [0.4, 0.5) is 10.1 Å². The first-order chi connectivity index (χ1) is 10.2. The fourth-order valence-corrected chi connectivity index (χ4v) is 3.02. The Hall–Kier alpha value is -1.13. The van der Waals surface area contributed by atoms with Crippen molar-refractivity contribution in [2.24, 2.45) is 5.92 Å². The van der Waals surface area contributed by atoms with Crippen molar-refractivity contribution >= 4 is 5.69 Å². The van der Waals surface area contributed by atoms with Crippen LogP contribution in [-0.2, 0) is 11.3 Å². The van der Waals surface area contributed by atoms with Crippen molar-refractivity contribution in [1.82, 2.24) is 5.32 Å². The molecule has 1 saturated heterocycles. The summed E-state index contributed by atoms with van der Waals surface area (Å²) in [4.78, 5) is 2.19. The number of rotatable bonds is 8. The van der Waals surface area contributed by atoms with Gasteiger partial charge in [-0.25, -0.2) is 4.39 Å². The molecule has 0 radical (unpaired) electrons. The Morgan fingerprint density at radius 3 is 3.00 bits per heavy atom. The van der Waals surface area contributed by atoms with Crippen LogP contribution in [-0.4, -0.2) is 33.4 Å². The Morgan fingerprint density at radius 2 is 2.29 bits per heavy atom. The number of anilines is 1. The molecule has 4 heteroatoms. The van der Waals surface area contributed by atoms with Gasteiger partial charge in [0.25, 0.3) is 0 Å². The molecule has 0 spiro atoms. The van der Waals surface area contributed by atoms with Crippen LogP contribution in [0.2, 0.25) is 0 Å². The van der Waals surface area contributed by atoms with Crippen molar-refractivity contribution < 1.29 is 9.13 Å². The molecular formula is C17H27FN2O. The highest BCUT2D eigenvalue weighted by Crippen LogP contribution is 2.28. The summed E-state index contributed by atoms with van der Waals surface area (Å²) in [7, 11) is 1.68. The number of halogens is 1. The van der Waals surface area contributed by atoms with E-state index in [1.165, 1.54) is 19.3 Å². The van der Waals surface area contributed by atoms with Gasteiger partial charge in [0.1, 0.15) is 5.82 Å². The molecule has 1 N–H and O–H groups in total. The van der Waals surface area contributed by atoms with Gasteiger partial charge in [-0.1, -0.05) is 19.4 Å². The molecule has 0 aromatic heterocycles. The van der Waals surface area contributed by atoms with Crippen LogP contribution in [0.25, 0.3) is 0 Å². The third-order valence-electron chi connectivity index (χ3n) is 4.15. The van der Waals surface area contributed by atoms with E-state index in [0.29, 0.717) is 13.2 Å². The van der Waals surface area contributed by atoms with Crippen LogP contribution < -0.4 is 10.2 Å². The third-order valence-corrected chi connectivity index (χ3v) is 4.15. The molecule has 3 nitrogen and oxygen atoms in total. The minimum atomic E-state index is -0.0989. The Bertz CT molecular complexity index is 439. The van der Waals surface area contributed by atoms with Gasteiger partial charge in [0.2, 0.25) is 0 Å². The van der Waals surface area contributed by atoms with E-state index in [1.807, 2.05) is 12.1 Å². The number of hydrogen-bond acceptors (Lipinski definition) is 3. The van der Waals surface area contributed by atoms with E-state index in [2.05, 4.69) is 17.1 Å². The summed E-state index contributed by atoms with van der Waals surface area (Å²) < 4.78 is 19.3. The summed E-state index contributed by atoms with van der Waals surface area (Å²) in [6.07, 6.45) is 3.65. The molecule has 118 valence electrons.